The van der Waals surface area contributed by atoms with Gasteiger partial charge in [-0.3, -0.25) is 0 Å². The second-order valence-corrected chi connectivity index (χ2v) is 3.59. The molecule has 2 aromatic rings. The Morgan fingerprint density at radius 3 is 2.69 bits per heavy atom. The molecule has 0 aliphatic carbocycles. The zero-order chi connectivity index (χ0) is 9.42. The highest BCUT2D eigenvalue weighted by molar-refractivity contribution is 7.20. The van der Waals surface area contributed by atoms with Crippen LogP contribution < -0.4 is 0 Å². The van der Waals surface area contributed by atoms with Gasteiger partial charge in [-0.05, 0) is 12.1 Å². The van der Waals surface area contributed by atoms with Gasteiger partial charge in [0, 0.05) is 4.70 Å². The van der Waals surface area contributed by atoms with E-state index < -0.39 is 0 Å². The number of phenolic OH excluding ortho intramolecular Hbond substituents is 1. The van der Waals surface area contributed by atoms with Gasteiger partial charge in [0.25, 0.3) is 0 Å². The third-order valence-electron chi connectivity index (χ3n) is 1.77. The van der Waals surface area contributed by atoms with Crippen LogP contribution in [-0.2, 0) is 0 Å². The summed E-state index contributed by atoms with van der Waals surface area (Å²) >= 11 is 1.17. The molecule has 0 radical (unpaired) electrons. The number of nitrogens with zero attached hydrogens (tertiary/aromatic N) is 1. The molecule has 0 fully saturated rings. The third-order valence-corrected chi connectivity index (χ3v) is 2.82. The van der Waals surface area contributed by atoms with Crippen LogP contribution in [0.2, 0.25) is 0 Å². The quantitative estimate of drug-likeness (QED) is 0.670. The van der Waals surface area contributed by atoms with Gasteiger partial charge in [0.15, 0.2) is 5.75 Å². The Morgan fingerprint density at radius 2 is 2.08 bits per heavy atom. The summed E-state index contributed by atoms with van der Waals surface area (Å²) in [6.45, 7) is 0. The Bertz CT molecular complexity index is 510. The lowest BCUT2D eigenvalue weighted by Crippen LogP contribution is -1.67. The minimum Gasteiger partial charge on any atom is -0.507 e. The van der Waals surface area contributed by atoms with Crippen LogP contribution in [0.25, 0.3) is 10.1 Å². The van der Waals surface area contributed by atoms with Gasteiger partial charge < -0.3 is 10.2 Å². The number of aromatic hydroxyl groups is 2. The molecule has 3 nitrogen and oxygen atoms in total. The van der Waals surface area contributed by atoms with Crippen molar-refractivity contribution in [3.8, 4) is 17.6 Å². The standard InChI is InChI=1S/C9H5NO2S/c10-4-7-9(12)8-5(11)2-1-3-6(8)13-7/h1-3,11-12H. The number of rotatable bonds is 0. The molecule has 0 saturated heterocycles. The van der Waals surface area contributed by atoms with Crippen LogP contribution in [-0.4, -0.2) is 10.2 Å². The highest BCUT2D eigenvalue weighted by Crippen LogP contribution is 2.40. The molecule has 0 saturated carbocycles. The van der Waals surface area contributed by atoms with E-state index in [1.165, 1.54) is 17.4 Å². The molecule has 0 unspecified atom stereocenters. The van der Waals surface area contributed by atoms with Crippen molar-refractivity contribution < 1.29 is 10.2 Å². The highest BCUT2D eigenvalue weighted by Gasteiger charge is 2.13. The minimum absolute atomic E-state index is 0.00718. The first-order valence-corrected chi connectivity index (χ1v) is 4.39. The molecule has 1 heterocycles. The Kier molecular flexibility index (Phi) is 1.61. The number of hydrogen-bond donors (Lipinski definition) is 2. The van der Waals surface area contributed by atoms with Crippen molar-refractivity contribution in [2.45, 2.75) is 0 Å². The van der Waals surface area contributed by atoms with Crippen molar-refractivity contribution in [1.82, 2.24) is 0 Å². The number of hydrogen-bond acceptors (Lipinski definition) is 4. The normalized spacial score (nSPS) is 10.1. The predicted octanol–water partition coefficient (Wildman–Crippen LogP) is 2.18. The maximum atomic E-state index is 9.50. The van der Waals surface area contributed by atoms with Gasteiger partial charge in [0.1, 0.15) is 16.7 Å². The maximum absolute atomic E-state index is 9.50. The molecule has 0 atom stereocenters. The smallest absolute Gasteiger partial charge is 0.155 e. The molecular formula is C9H5NO2S. The van der Waals surface area contributed by atoms with Gasteiger partial charge in [0.05, 0.1) is 5.39 Å². The molecule has 0 aliphatic rings. The molecule has 0 amide bonds. The number of fused-ring (bicyclic) bond motifs is 1. The largest absolute Gasteiger partial charge is 0.507 e. The topological polar surface area (TPSA) is 64.2 Å². The van der Waals surface area contributed by atoms with E-state index in [2.05, 4.69) is 0 Å². The van der Waals surface area contributed by atoms with Gasteiger partial charge >= 0.3 is 0 Å². The fourth-order valence-corrected chi connectivity index (χ4v) is 2.10. The molecule has 13 heavy (non-hydrogen) atoms. The van der Waals surface area contributed by atoms with Gasteiger partial charge in [-0.2, -0.15) is 5.26 Å². The van der Waals surface area contributed by atoms with E-state index in [0.717, 1.165) is 0 Å². The van der Waals surface area contributed by atoms with E-state index in [0.29, 0.717) is 10.1 Å². The highest BCUT2D eigenvalue weighted by atomic mass is 32.1. The zero-order valence-corrected chi connectivity index (χ0v) is 7.30. The summed E-state index contributed by atoms with van der Waals surface area (Å²) in [7, 11) is 0. The summed E-state index contributed by atoms with van der Waals surface area (Å²) in [5, 5.41) is 27.9. The molecule has 0 spiro atoms. The number of thiophene rings is 1. The van der Waals surface area contributed by atoms with Gasteiger partial charge in [0.2, 0.25) is 0 Å². The fourth-order valence-electron chi connectivity index (χ4n) is 1.19. The van der Waals surface area contributed by atoms with E-state index in [4.69, 9.17) is 5.26 Å². The average molecular weight is 191 g/mol. The van der Waals surface area contributed by atoms with E-state index >= 15 is 0 Å². The SMILES string of the molecule is N#Cc1sc2cccc(O)c2c1O. The lowest BCUT2D eigenvalue weighted by molar-refractivity contribution is 0.464. The summed E-state index contributed by atoms with van der Waals surface area (Å²) in [5.41, 5.74) is 0. The van der Waals surface area contributed by atoms with E-state index in [1.54, 1.807) is 12.1 Å². The summed E-state index contributed by atoms with van der Waals surface area (Å²) < 4.78 is 0.717. The van der Waals surface area contributed by atoms with E-state index in [1.807, 2.05) is 6.07 Å². The molecular weight excluding hydrogens is 186 g/mol. The molecule has 1 aromatic carbocycles. The molecule has 2 rings (SSSR count). The Morgan fingerprint density at radius 1 is 1.31 bits per heavy atom. The van der Waals surface area contributed by atoms with Crippen LogP contribution >= 0.6 is 11.3 Å². The minimum atomic E-state index is -0.124. The molecule has 64 valence electrons. The Labute approximate surface area is 78.1 Å². The Hall–Kier alpha value is -1.73. The monoisotopic (exact) mass is 191 g/mol. The third kappa shape index (κ3) is 1.02. The van der Waals surface area contributed by atoms with Crippen molar-refractivity contribution >= 4 is 21.4 Å². The second kappa shape index (κ2) is 2.64. The predicted molar refractivity (Wildman–Crippen MR) is 49.9 cm³/mol. The first kappa shape index (κ1) is 7.90. The van der Waals surface area contributed by atoms with Gasteiger partial charge in [-0.25, -0.2) is 0 Å². The fraction of sp³-hybridized carbons (Fsp3) is 0. The van der Waals surface area contributed by atoms with E-state index in [-0.39, 0.29) is 16.4 Å². The maximum Gasteiger partial charge on any atom is 0.155 e. The van der Waals surface area contributed by atoms with E-state index in [9.17, 15) is 10.2 Å². The second-order valence-electron chi connectivity index (χ2n) is 2.54. The first-order valence-electron chi connectivity index (χ1n) is 3.57. The van der Waals surface area contributed by atoms with Crippen molar-refractivity contribution in [3.63, 3.8) is 0 Å². The van der Waals surface area contributed by atoms with Crippen LogP contribution in [0.3, 0.4) is 0 Å². The van der Waals surface area contributed by atoms with Crippen LogP contribution in [0.15, 0.2) is 18.2 Å². The molecule has 0 aliphatic heterocycles. The summed E-state index contributed by atoms with van der Waals surface area (Å²) in [5.74, 6) is -0.117. The summed E-state index contributed by atoms with van der Waals surface area (Å²) in [6, 6.07) is 6.78. The number of nitriles is 1. The van der Waals surface area contributed by atoms with Crippen LogP contribution in [0.5, 0.6) is 11.5 Å². The van der Waals surface area contributed by atoms with Crippen LogP contribution in [0.4, 0.5) is 0 Å². The molecule has 4 heteroatoms. The van der Waals surface area contributed by atoms with Gasteiger partial charge in [-0.1, -0.05) is 6.07 Å². The summed E-state index contributed by atoms with van der Waals surface area (Å²) in [4.78, 5) is 0.233. The van der Waals surface area contributed by atoms with Crippen molar-refractivity contribution in [2.75, 3.05) is 0 Å². The lowest BCUT2D eigenvalue weighted by atomic mass is 10.2. The van der Waals surface area contributed by atoms with Crippen molar-refractivity contribution in [3.05, 3.63) is 23.1 Å². The Balaban J connectivity index is 2.95. The lowest BCUT2D eigenvalue weighted by Gasteiger charge is -1.93. The molecule has 2 N–H and O–H groups in total. The average Bonchev–Trinajstić information content (AvgIpc) is 2.44. The van der Waals surface area contributed by atoms with Crippen molar-refractivity contribution in [2.24, 2.45) is 0 Å². The molecule has 1 aromatic heterocycles. The zero-order valence-electron chi connectivity index (χ0n) is 6.48. The molecule has 0 bridgehead atoms. The van der Waals surface area contributed by atoms with Crippen molar-refractivity contribution in [1.29, 1.82) is 5.26 Å². The van der Waals surface area contributed by atoms with Crippen LogP contribution in [0.1, 0.15) is 4.88 Å². The number of phenols is 1. The van der Waals surface area contributed by atoms with Crippen LogP contribution in [0, 0.1) is 11.3 Å². The van der Waals surface area contributed by atoms with Gasteiger partial charge in [-0.15, -0.1) is 11.3 Å². The first-order chi connectivity index (χ1) is 6.24. The summed E-state index contributed by atoms with van der Waals surface area (Å²) in [6.07, 6.45) is 0. The number of benzene rings is 1.